The molecule has 0 spiro atoms. The molecule has 1 rings (SSSR count). The van der Waals surface area contributed by atoms with E-state index in [1.54, 1.807) is 24.3 Å². The highest BCUT2D eigenvalue weighted by Gasteiger charge is 2.12. The molecule has 0 amide bonds. The number of ketones is 1. The van der Waals surface area contributed by atoms with Crippen molar-refractivity contribution in [1.29, 1.82) is 0 Å². The Morgan fingerprint density at radius 1 is 1.25 bits per heavy atom. The molecule has 0 heterocycles. The molecule has 12 heavy (non-hydrogen) atoms. The van der Waals surface area contributed by atoms with E-state index in [2.05, 4.69) is 0 Å². The molecule has 0 aliphatic carbocycles. The van der Waals surface area contributed by atoms with Crippen molar-refractivity contribution in [3.8, 4) is 0 Å². The van der Waals surface area contributed by atoms with E-state index in [9.17, 15) is 4.79 Å². The third-order valence-electron chi connectivity index (χ3n) is 1.57. The Morgan fingerprint density at radius 2 is 1.75 bits per heavy atom. The number of hydrogen-bond donors (Lipinski definition) is 2. The predicted molar refractivity (Wildman–Crippen MR) is 43.7 cm³/mol. The van der Waals surface area contributed by atoms with Crippen molar-refractivity contribution in [2.24, 2.45) is 0 Å². The molecule has 0 saturated heterocycles. The molecule has 3 heteroatoms. The third-order valence-corrected chi connectivity index (χ3v) is 1.57. The van der Waals surface area contributed by atoms with Gasteiger partial charge < -0.3 is 10.2 Å². The topological polar surface area (TPSA) is 57.5 Å². The smallest absolute Gasteiger partial charge is 0.218 e. The van der Waals surface area contributed by atoms with Gasteiger partial charge in [-0.15, -0.1) is 0 Å². The van der Waals surface area contributed by atoms with E-state index in [0.29, 0.717) is 5.56 Å². The van der Waals surface area contributed by atoms with Crippen molar-refractivity contribution in [3.63, 3.8) is 0 Å². The molecular weight excluding hydrogens is 156 g/mol. The van der Waals surface area contributed by atoms with Gasteiger partial charge in [0.2, 0.25) is 12.1 Å². The summed E-state index contributed by atoms with van der Waals surface area (Å²) in [4.78, 5) is 11.0. The molecular formula is C9H10O3. The first-order valence-corrected chi connectivity index (χ1v) is 3.58. The van der Waals surface area contributed by atoms with Crippen molar-refractivity contribution in [2.75, 3.05) is 0 Å². The van der Waals surface area contributed by atoms with Crippen LogP contribution >= 0.6 is 0 Å². The summed E-state index contributed by atoms with van der Waals surface area (Å²) in [6, 6.07) is 6.62. The van der Waals surface area contributed by atoms with Gasteiger partial charge in [-0.2, -0.15) is 0 Å². The molecule has 0 radical (unpaired) electrons. The second-order valence-electron chi connectivity index (χ2n) is 2.60. The fourth-order valence-electron chi connectivity index (χ4n) is 0.867. The molecule has 0 aromatic heterocycles. The monoisotopic (exact) mass is 166 g/mol. The van der Waals surface area contributed by atoms with Gasteiger partial charge in [0.25, 0.3) is 0 Å². The fraction of sp³-hybridized carbons (Fsp3) is 0.222. The average molecular weight is 166 g/mol. The van der Waals surface area contributed by atoms with Crippen LogP contribution in [-0.2, 0) is 0 Å². The number of benzene rings is 1. The fourth-order valence-corrected chi connectivity index (χ4v) is 0.867. The van der Waals surface area contributed by atoms with Gasteiger partial charge >= 0.3 is 0 Å². The van der Waals surface area contributed by atoms with Crippen LogP contribution < -0.4 is 0 Å². The Balaban J connectivity index is 2.90. The number of aryl methyl sites for hydroxylation is 1. The Morgan fingerprint density at radius 3 is 2.17 bits per heavy atom. The normalized spacial score (nSPS) is 10.3. The summed E-state index contributed by atoms with van der Waals surface area (Å²) < 4.78 is 0. The molecule has 1 aromatic rings. The summed E-state index contributed by atoms with van der Waals surface area (Å²) >= 11 is 0. The van der Waals surface area contributed by atoms with Crippen molar-refractivity contribution in [2.45, 2.75) is 13.2 Å². The van der Waals surface area contributed by atoms with Gasteiger partial charge in [-0.3, -0.25) is 4.79 Å². The molecule has 0 saturated carbocycles. The molecule has 0 atom stereocenters. The minimum absolute atomic E-state index is 0.315. The van der Waals surface area contributed by atoms with Crippen LogP contribution in [0, 0.1) is 6.92 Å². The molecule has 0 aliphatic rings. The molecule has 3 nitrogen and oxygen atoms in total. The summed E-state index contributed by atoms with van der Waals surface area (Å²) in [5, 5.41) is 17.1. The van der Waals surface area contributed by atoms with Crippen LogP contribution in [0.3, 0.4) is 0 Å². The van der Waals surface area contributed by atoms with Crippen LogP contribution in [0.15, 0.2) is 24.3 Å². The maximum atomic E-state index is 11.0. The summed E-state index contributed by atoms with van der Waals surface area (Å²) in [5.41, 5.74) is 1.34. The molecule has 0 aliphatic heterocycles. The standard InChI is InChI=1S/C9H10O3/c1-6-2-4-7(5-3-6)8(10)9(11)12/h2-5,9,11-12H,1H3. The van der Waals surface area contributed by atoms with Gasteiger partial charge in [0, 0.05) is 5.56 Å². The Bertz CT molecular complexity index is 274. The number of rotatable bonds is 2. The number of Topliss-reactive ketones (excluding diaryl/α,β-unsaturated/α-hetero) is 1. The summed E-state index contributed by atoms with van der Waals surface area (Å²) in [5.74, 6) is -0.671. The first kappa shape index (κ1) is 8.90. The van der Waals surface area contributed by atoms with E-state index >= 15 is 0 Å². The van der Waals surface area contributed by atoms with E-state index < -0.39 is 12.1 Å². The minimum atomic E-state index is -1.91. The zero-order valence-corrected chi connectivity index (χ0v) is 6.69. The van der Waals surface area contributed by atoms with Crippen LogP contribution in [0.2, 0.25) is 0 Å². The molecule has 64 valence electrons. The zero-order valence-electron chi connectivity index (χ0n) is 6.69. The molecule has 0 unspecified atom stereocenters. The highest BCUT2D eigenvalue weighted by atomic mass is 16.5. The number of carbonyl (C=O) groups excluding carboxylic acids is 1. The lowest BCUT2D eigenvalue weighted by Gasteiger charge is -2.01. The highest BCUT2D eigenvalue weighted by Crippen LogP contribution is 2.05. The molecule has 0 bridgehead atoms. The van der Waals surface area contributed by atoms with Gasteiger partial charge in [0.05, 0.1) is 0 Å². The molecule has 1 aromatic carbocycles. The minimum Gasteiger partial charge on any atom is -0.362 e. The quantitative estimate of drug-likeness (QED) is 0.496. The summed E-state index contributed by atoms with van der Waals surface area (Å²) in [7, 11) is 0. The van der Waals surface area contributed by atoms with E-state index in [4.69, 9.17) is 10.2 Å². The first-order valence-electron chi connectivity index (χ1n) is 3.58. The number of hydrogen-bond acceptors (Lipinski definition) is 3. The Kier molecular flexibility index (Phi) is 2.58. The lowest BCUT2D eigenvalue weighted by molar-refractivity contribution is -0.0195. The molecule has 2 N–H and O–H groups in total. The second kappa shape index (κ2) is 3.47. The van der Waals surface area contributed by atoms with E-state index in [0.717, 1.165) is 5.56 Å². The highest BCUT2D eigenvalue weighted by molar-refractivity contribution is 5.98. The maximum absolute atomic E-state index is 11.0. The number of carbonyl (C=O) groups is 1. The van der Waals surface area contributed by atoms with Crippen LogP contribution in [0.25, 0.3) is 0 Å². The SMILES string of the molecule is Cc1ccc(C(=O)C(O)O)cc1. The summed E-state index contributed by atoms with van der Waals surface area (Å²) in [6.07, 6.45) is -1.91. The average Bonchev–Trinajstić information content (AvgIpc) is 2.04. The Labute approximate surface area is 70.3 Å². The zero-order chi connectivity index (χ0) is 9.14. The van der Waals surface area contributed by atoms with Crippen LogP contribution in [0.5, 0.6) is 0 Å². The number of aliphatic hydroxyl groups is 2. The lowest BCUT2D eigenvalue weighted by atomic mass is 10.1. The van der Waals surface area contributed by atoms with Gasteiger partial charge in [-0.25, -0.2) is 0 Å². The van der Waals surface area contributed by atoms with Gasteiger partial charge in [0.15, 0.2) is 0 Å². The predicted octanol–water partition coefficient (Wildman–Crippen LogP) is 0.488. The van der Waals surface area contributed by atoms with E-state index in [-0.39, 0.29) is 0 Å². The molecule has 0 fully saturated rings. The van der Waals surface area contributed by atoms with Gasteiger partial charge in [-0.05, 0) is 6.92 Å². The van der Waals surface area contributed by atoms with Crippen LogP contribution in [0.1, 0.15) is 15.9 Å². The van der Waals surface area contributed by atoms with Crippen molar-refractivity contribution in [3.05, 3.63) is 35.4 Å². The van der Waals surface area contributed by atoms with Gasteiger partial charge in [0.1, 0.15) is 0 Å². The largest absolute Gasteiger partial charge is 0.362 e. The van der Waals surface area contributed by atoms with Crippen molar-refractivity contribution < 1.29 is 15.0 Å². The van der Waals surface area contributed by atoms with E-state index in [1.807, 2.05) is 6.92 Å². The second-order valence-corrected chi connectivity index (χ2v) is 2.60. The van der Waals surface area contributed by atoms with Crippen LogP contribution in [-0.4, -0.2) is 22.3 Å². The Hall–Kier alpha value is -1.19. The number of aliphatic hydroxyl groups excluding tert-OH is 1. The van der Waals surface area contributed by atoms with Crippen LogP contribution in [0.4, 0.5) is 0 Å². The van der Waals surface area contributed by atoms with Gasteiger partial charge in [-0.1, -0.05) is 29.8 Å². The van der Waals surface area contributed by atoms with Crippen molar-refractivity contribution >= 4 is 5.78 Å². The lowest BCUT2D eigenvalue weighted by Crippen LogP contribution is -2.19. The van der Waals surface area contributed by atoms with E-state index in [1.165, 1.54) is 0 Å². The maximum Gasteiger partial charge on any atom is 0.218 e. The van der Waals surface area contributed by atoms with Crippen molar-refractivity contribution in [1.82, 2.24) is 0 Å². The first-order chi connectivity index (χ1) is 5.61. The summed E-state index contributed by atoms with van der Waals surface area (Å²) in [6.45, 7) is 1.89. The third kappa shape index (κ3) is 1.90.